The summed E-state index contributed by atoms with van der Waals surface area (Å²) in [6.07, 6.45) is 5.21. The molecule has 0 radical (unpaired) electrons. The van der Waals surface area contributed by atoms with E-state index in [1.54, 1.807) is 24.3 Å². The fourth-order valence-electron chi connectivity index (χ4n) is 2.47. The van der Waals surface area contributed by atoms with Crippen molar-refractivity contribution in [3.63, 3.8) is 0 Å². The summed E-state index contributed by atoms with van der Waals surface area (Å²) in [6.45, 7) is 4.38. The van der Waals surface area contributed by atoms with Crippen molar-refractivity contribution in [3.05, 3.63) is 42.0 Å². The van der Waals surface area contributed by atoms with E-state index in [9.17, 15) is 9.59 Å². The van der Waals surface area contributed by atoms with Crippen LogP contribution in [0, 0.1) is 0 Å². The van der Waals surface area contributed by atoms with Crippen LogP contribution in [0.25, 0.3) is 0 Å². The number of benzene rings is 1. The van der Waals surface area contributed by atoms with E-state index in [4.69, 9.17) is 5.21 Å². The highest BCUT2D eigenvalue weighted by molar-refractivity contribution is 6.20. The number of hydrogen-bond acceptors (Lipinski definition) is 4. The molecule has 0 saturated carbocycles. The van der Waals surface area contributed by atoms with Gasteiger partial charge in [0.15, 0.2) is 0 Å². The number of rotatable bonds is 6. The highest BCUT2D eigenvalue weighted by atomic mass is 16.4. The number of hydrogen-bond donors (Lipinski definition) is 1. The van der Waals surface area contributed by atoms with Crippen molar-refractivity contribution in [2.24, 2.45) is 5.16 Å². The van der Waals surface area contributed by atoms with Crippen LogP contribution in [0.5, 0.6) is 0 Å². The summed E-state index contributed by atoms with van der Waals surface area (Å²) in [6, 6.07) is 6.60. The van der Waals surface area contributed by atoms with Crippen LogP contribution < -0.4 is 4.90 Å². The van der Waals surface area contributed by atoms with E-state index >= 15 is 0 Å². The second kappa shape index (κ2) is 7.58. The number of urea groups is 1. The van der Waals surface area contributed by atoms with Crippen LogP contribution in [-0.4, -0.2) is 40.8 Å². The maximum absolute atomic E-state index is 12.3. The predicted molar refractivity (Wildman–Crippen MR) is 88.9 cm³/mol. The summed E-state index contributed by atoms with van der Waals surface area (Å²) >= 11 is 0. The molecule has 6 nitrogen and oxygen atoms in total. The Morgan fingerprint density at radius 1 is 1.30 bits per heavy atom. The summed E-state index contributed by atoms with van der Waals surface area (Å²) < 4.78 is 0. The third-order valence-corrected chi connectivity index (χ3v) is 3.67. The third kappa shape index (κ3) is 3.59. The summed E-state index contributed by atoms with van der Waals surface area (Å²) in [4.78, 5) is 27.1. The van der Waals surface area contributed by atoms with E-state index in [0.717, 1.165) is 12.0 Å². The largest absolute Gasteiger partial charge is 0.411 e. The lowest BCUT2D eigenvalue weighted by atomic mass is 10.1. The van der Waals surface area contributed by atoms with Gasteiger partial charge in [0.2, 0.25) is 0 Å². The van der Waals surface area contributed by atoms with Crippen molar-refractivity contribution in [2.75, 3.05) is 18.0 Å². The minimum Gasteiger partial charge on any atom is -0.411 e. The van der Waals surface area contributed by atoms with Crippen LogP contribution in [0.2, 0.25) is 0 Å². The van der Waals surface area contributed by atoms with Gasteiger partial charge < -0.3 is 10.1 Å². The Hall–Kier alpha value is -2.63. The Morgan fingerprint density at radius 3 is 2.57 bits per heavy atom. The molecule has 1 aliphatic heterocycles. The van der Waals surface area contributed by atoms with Crippen molar-refractivity contribution >= 4 is 23.3 Å². The van der Waals surface area contributed by atoms with Gasteiger partial charge in [0, 0.05) is 6.54 Å². The Bertz CT molecular complexity index is 635. The maximum Gasteiger partial charge on any atom is 0.332 e. The molecule has 3 amide bonds. The molecular weight excluding hydrogens is 294 g/mol. The molecule has 0 unspecified atom stereocenters. The first-order chi connectivity index (χ1) is 11.1. The number of oxime groups is 1. The molecule has 1 heterocycles. The summed E-state index contributed by atoms with van der Waals surface area (Å²) in [7, 11) is 0. The van der Waals surface area contributed by atoms with E-state index in [0.29, 0.717) is 24.4 Å². The van der Waals surface area contributed by atoms with Gasteiger partial charge in [-0.15, -0.1) is 0 Å². The second-order valence-electron chi connectivity index (χ2n) is 5.30. The molecule has 23 heavy (non-hydrogen) atoms. The number of allylic oxidation sites excluding steroid dienone is 1. The number of carbonyl (C=O) groups excluding carboxylic acids is 2. The lowest BCUT2D eigenvalue weighted by Gasteiger charge is -2.16. The van der Waals surface area contributed by atoms with Gasteiger partial charge in [-0.25, -0.2) is 9.69 Å². The Balaban J connectivity index is 2.19. The summed E-state index contributed by atoms with van der Waals surface area (Å²) in [5, 5.41) is 12.4. The molecule has 6 heteroatoms. The van der Waals surface area contributed by atoms with Gasteiger partial charge in [0.25, 0.3) is 5.91 Å². The van der Waals surface area contributed by atoms with Crippen LogP contribution in [0.1, 0.15) is 32.3 Å². The smallest absolute Gasteiger partial charge is 0.332 e. The molecular formula is C17H21N3O3. The minimum atomic E-state index is -0.314. The van der Waals surface area contributed by atoms with Crippen molar-refractivity contribution in [2.45, 2.75) is 26.7 Å². The molecule has 0 aromatic heterocycles. The van der Waals surface area contributed by atoms with Gasteiger partial charge >= 0.3 is 6.03 Å². The molecule has 0 spiro atoms. The van der Waals surface area contributed by atoms with Gasteiger partial charge in [0.1, 0.15) is 6.54 Å². The van der Waals surface area contributed by atoms with Crippen LogP contribution in [0.3, 0.4) is 0 Å². The van der Waals surface area contributed by atoms with Gasteiger partial charge in [-0.05, 0) is 31.0 Å². The predicted octanol–water partition coefficient (Wildman–Crippen LogP) is 3.01. The van der Waals surface area contributed by atoms with Gasteiger partial charge in [-0.3, -0.25) is 4.79 Å². The molecule has 0 aliphatic carbocycles. The van der Waals surface area contributed by atoms with Gasteiger partial charge in [-0.1, -0.05) is 42.8 Å². The van der Waals surface area contributed by atoms with Crippen molar-refractivity contribution in [3.8, 4) is 0 Å². The van der Waals surface area contributed by atoms with E-state index in [1.165, 1.54) is 9.80 Å². The topological polar surface area (TPSA) is 73.2 Å². The Kier molecular flexibility index (Phi) is 5.51. The first kappa shape index (κ1) is 16.7. The standard InChI is InChI=1S/C17H21N3O3/c1-3-5-11-19-12-16(21)20(17(19)22)14-9-7-13(8-10-14)15(18-23)6-4-2/h3,5,7-10,23H,4,6,11-12H2,1-2H3. The van der Waals surface area contributed by atoms with E-state index in [1.807, 2.05) is 26.0 Å². The van der Waals surface area contributed by atoms with E-state index < -0.39 is 0 Å². The molecule has 1 N–H and O–H groups in total. The first-order valence-electron chi connectivity index (χ1n) is 7.66. The molecule has 2 rings (SSSR count). The zero-order valence-electron chi connectivity index (χ0n) is 13.4. The molecule has 1 fully saturated rings. The maximum atomic E-state index is 12.3. The fraction of sp³-hybridized carbons (Fsp3) is 0.353. The number of nitrogens with zero attached hydrogens (tertiary/aromatic N) is 3. The highest BCUT2D eigenvalue weighted by Crippen LogP contribution is 2.22. The quantitative estimate of drug-likeness (QED) is 0.288. The Morgan fingerprint density at radius 2 is 2.00 bits per heavy atom. The van der Waals surface area contributed by atoms with Crippen molar-refractivity contribution in [1.29, 1.82) is 0 Å². The molecule has 0 atom stereocenters. The van der Waals surface area contributed by atoms with Gasteiger partial charge in [0.05, 0.1) is 11.4 Å². The van der Waals surface area contributed by atoms with E-state index in [-0.39, 0.29) is 18.5 Å². The number of carbonyl (C=O) groups is 2. The molecule has 1 aromatic rings. The number of amides is 3. The normalized spacial score (nSPS) is 16.0. The number of imide groups is 1. The van der Waals surface area contributed by atoms with Crippen LogP contribution in [-0.2, 0) is 4.79 Å². The Labute approximate surface area is 135 Å². The lowest BCUT2D eigenvalue weighted by Crippen LogP contribution is -2.33. The molecule has 0 bridgehead atoms. The lowest BCUT2D eigenvalue weighted by molar-refractivity contribution is -0.116. The summed E-state index contributed by atoms with van der Waals surface area (Å²) in [5.41, 5.74) is 1.90. The first-order valence-corrected chi connectivity index (χ1v) is 7.66. The minimum absolute atomic E-state index is 0.0874. The third-order valence-electron chi connectivity index (χ3n) is 3.67. The number of anilines is 1. The highest BCUT2D eigenvalue weighted by Gasteiger charge is 2.36. The average Bonchev–Trinajstić information content (AvgIpc) is 2.85. The zero-order valence-corrected chi connectivity index (χ0v) is 13.4. The molecule has 1 aliphatic rings. The zero-order chi connectivity index (χ0) is 16.8. The van der Waals surface area contributed by atoms with Crippen molar-refractivity contribution < 1.29 is 14.8 Å². The molecule has 122 valence electrons. The van der Waals surface area contributed by atoms with Crippen LogP contribution in [0.4, 0.5) is 10.5 Å². The van der Waals surface area contributed by atoms with E-state index in [2.05, 4.69) is 5.16 Å². The van der Waals surface area contributed by atoms with Crippen LogP contribution in [0.15, 0.2) is 41.6 Å². The average molecular weight is 315 g/mol. The fourth-order valence-corrected chi connectivity index (χ4v) is 2.47. The summed E-state index contributed by atoms with van der Waals surface area (Å²) in [5.74, 6) is -0.239. The van der Waals surface area contributed by atoms with Gasteiger partial charge in [-0.2, -0.15) is 0 Å². The van der Waals surface area contributed by atoms with Crippen molar-refractivity contribution in [1.82, 2.24) is 4.90 Å². The molecule has 1 aromatic carbocycles. The second-order valence-corrected chi connectivity index (χ2v) is 5.30. The monoisotopic (exact) mass is 315 g/mol. The SMILES string of the molecule is CC=CCN1CC(=O)N(c2ccc(C(CCC)=NO)cc2)C1=O. The molecule has 1 saturated heterocycles. The van der Waals surface area contributed by atoms with Crippen LogP contribution >= 0.6 is 0 Å².